The lowest BCUT2D eigenvalue weighted by molar-refractivity contribution is 0.466. The van der Waals surface area contributed by atoms with Gasteiger partial charge in [-0.1, -0.05) is 23.8 Å². The van der Waals surface area contributed by atoms with Gasteiger partial charge in [0, 0.05) is 23.2 Å². The number of benzene rings is 1. The molecule has 0 radical (unpaired) electrons. The molecule has 1 aromatic rings. The van der Waals surface area contributed by atoms with E-state index in [2.05, 4.69) is 17.5 Å². The van der Waals surface area contributed by atoms with Crippen LogP contribution < -0.4 is 5.32 Å². The predicted molar refractivity (Wildman–Crippen MR) is 65.0 cm³/mol. The van der Waals surface area contributed by atoms with Gasteiger partial charge < -0.3 is 5.32 Å². The highest BCUT2D eigenvalue weighted by molar-refractivity contribution is 6.30. The van der Waals surface area contributed by atoms with Gasteiger partial charge in [0.2, 0.25) is 0 Å². The van der Waals surface area contributed by atoms with Crippen molar-refractivity contribution >= 4 is 11.6 Å². The van der Waals surface area contributed by atoms with Crippen LogP contribution in [-0.2, 0) is 6.54 Å². The Bertz CT molecular complexity index is 390. The summed E-state index contributed by atoms with van der Waals surface area (Å²) < 4.78 is 13.4. The molecule has 2 rings (SSSR count). The number of hydrogen-bond donors (Lipinski definition) is 1. The van der Waals surface area contributed by atoms with Crippen molar-refractivity contribution in [3.8, 4) is 0 Å². The molecule has 0 bridgehead atoms. The number of halogens is 2. The molecule has 0 saturated carbocycles. The SMILES string of the molecule is Fc1ccc(Cl)cc1CNC1CC=CCC1. The van der Waals surface area contributed by atoms with Crippen LogP contribution in [0.3, 0.4) is 0 Å². The third kappa shape index (κ3) is 3.06. The first-order chi connectivity index (χ1) is 7.75. The van der Waals surface area contributed by atoms with Crippen molar-refractivity contribution in [2.75, 3.05) is 0 Å². The summed E-state index contributed by atoms with van der Waals surface area (Å²) in [5.41, 5.74) is 0.641. The monoisotopic (exact) mass is 239 g/mol. The summed E-state index contributed by atoms with van der Waals surface area (Å²) in [5, 5.41) is 3.94. The zero-order valence-corrected chi connectivity index (χ0v) is 9.80. The summed E-state index contributed by atoms with van der Waals surface area (Å²) in [6.07, 6.45) is 7.63. The van der Waals surface area contributed by atoms with Gasteiger partial charge in [-0.15, -0.1) is 0 Å². The van der Waals surface area contributed by atoms with Gasteiger partial charge in [0.15, 0.2) is 0 Å². The van der Waals surface area contributed by atoms with E-state index in [0.717, 1.165) is 19.3 Å². The minimum atomic E-state index is -0.191. The van der Waals surface area contributed by atoms with Crippen LogP contribution in [0, 0.1) is 5.82 Å². The fourth-order valence-electron chi connectivity index (χ4n) is 1.91. The first-order valence-electron chi connectivity index (χ1n) is 5.58. The molecular weight excluding hydrogens is 225 g/mol. The largest absolute Gasteiger partial charge is 0.309 e. The topological polar surface area (TPSA) is 12.0 Å². The molecule has 16 heavy (non-hydrogen) atoms. The normalized spacial score (nSPS) is 20.0. The van der Waals surface area contributed by atoms with Crippen molar-refractivity contribution < 1.29 is 4.39 Å². The Morgan fingerprint density at radius 1 is 1.38 bits per heavy atom. The van der Waals surface area contributed by atoms with E-state index in [-0.39, 0.29) is 5.82 Å². The van der Waals surface area contributed by atoms with E-state index in [0.29, 0.717) is 23.2 Å². The average Bonchev–Trinajstić information content (AvgIpc) is 2.32. The van der Waals surface area contributed by atoms with Crippen molar-refractivity contribution in [3.63, 3.8) is 0 Å². The van der Waals surface area contributed by atoms with E-state index < -0.39 is 0 Å². The molecule has 1 aliphatic rings. The minimum absolute atomic E-state index is 0.191. The summed E-state index contributed by atoms with van der Waals surface area (Å²) >= 11 is 5.83. The minimum Gasteiger partial charge on any atom is -0.309 e. The Hall–Kier alpha value is -0.860. The molecule has 1 nitrogen and oxygen atoms in total. The van der Waals surface area contributed by atoms with E-state index in [4.69, 9.17) is 11.6 Å². The van der Waals surface area contributed by atoms with Crippen LogP contribution in [0.5, 0.6) is 0 Å². The first-order valence-corrected chi connectivity index (χ1v) is 5.96. The quantitative estimate of drug-likeness (QED) is 0.794. The molecule has 1 aliphatic carbocycles. The van der Waals surface area contributed by atoms with Crippen molar-refractivity contribution in [1.29, 1.82) is 0 Å². The molecule has 0 saturated heterocycles. The van der Waals surface area contributed by atoms with Crippen LogP contribution in [0.15, 0.2) is 30.4 Å². The lowest BCUT2D eigenvalue weighted by Crippen LogP contribution is -2.29. The maximum absolute atomic E-state index is 13.4. The third-order valence-electron chi connectivity index (χ3n) is 2.86. The molecule has 1 N–H and O–H groups in total. The number of nitrogens with one attached hydrogen (secondary N) is 1. The summed E-state index contributed by atoms with van der Waals surface area (Å²) in [4.78, 5) is 0. The van der Waals surface area contributed by atoms with Gasteiger partial charge in [-0.2, -0.15) is 0 Å². The first kappa shape index (κ1) is 11.6. The van der Waals surface area contributed by atoms with Gasteiger partial charge in [-0.25, -0.2) is 4.39 Å². The Morgan fingerprint density at radius 3 is 3.00 bits per heavy atom. The zero-order chi connectivity index (χ0) is 11.4. The Morgan fingerprint density at radius 2 is 2.25 bits per heavy atom. The summed E-state index contributed by atoms with van der Waals surface area (Å²) in [6.45, 7) is 0.547. The lowest BCUT2D eigenvalue weighted by atomic mass is 10.0. The molecule has 1 aromatic carbocycles. The number of hydrogen-bond acceptors (Lipinski definition) is 1. The van der Waals surface area contributed by atoms with Crippen molar-refractivity contribution in [2.45, 2.75) is 31.8 Å². The molecule has 0 amide bonds. The molecule has 0 fully saturated rings. The van der Waals surface area contributed by atoms with E-state index in [9.17, 15) is 4.39 Å². The maximum Gasteiger partial charge on any atom is 0.127 e. The second-order valence-electron chi connectivity index (χ2n) is 4.10. The van der Waals surface area contributed by atoms with E-state index in [1.54, 1.807) is 12.1 Å². The summed E-state index contributed by atoms with van der Waals surface area (Å²) in [6, 6.07) is 5.13. The van der Waals surface area contributed by atoms with Gasteiger partial charge >= 0.3 is 0 Å². The van der Waals surface area contributed by atoms with Gasteiger partial charge in [-0.05, 0) is 37.5 Å². The second kappa shape index (κ2) is 5.46. The molecule has 1 unspecified atom stereocenters. The third-order valence-corrected chi connectivity index (χ3v) is 3.09. The van der Waals surface area contributed by atoms with Gasteiger partial charge in [-0.3, -0.25) is 0 Å². The summed E-state index contributed by atoms with van der Waals surface area (Å²) in [7, 11) is 0. The number of rotatable bonds is 3. The van der Waals surface area contributed by atoms with E-state index in [1.165, 1.54) is 6.07 Å². The molecule has 0 aliphatic heterocycles. The van der Waals surface area contributed by atoms with Crippen LogP contribution in [0.2, 0.25) is 5.02 Å². The lowest BCUT2D eigenvalue weighted by Gasteiger charge is -2.19. The maximum atomic E-state index is 13.4. The van der Waals surface area contributed by atoms with Crippen molar-refractivity contribution in [1.82, 2.24) is 5.32 Å². The average molecular weight is 240 g/mol. The summed E-state index contributed by atoms with van der Waals surface area (Å²) in [5.74, 6) is -0.191. The standard InChI is InChI=1S/C13H15ClFN/c14-11-6-7-13(15)10(8-11)9-16-12-4-2-1-3-5-12/h1-2,6-8,12,16H,3-5,9H2. The molecular formula is C13H15ClFN. The molecule has 86 valence electrons. The smallest absolute Gasteiger partial charge is 0.127 e. The second-order valence-corrected chi connectivity index (χ2v) is 4.53. The van der Waals surface area contributed by atoms with Crippen LogP contribution >= 0.6 is 11.6 Å². The van der Waals surface area contributed by atoms with E-state index >= 15 is 0 Å². The zero-order valence-electron chi connectivity index (χ0n) is 9.05. The Balaban J connectivity index is 1.93. The van der Waals surface area contributed by atoms with Gasteiger partial charge in [0.1, 0.15) is 5.82 Å². The highest BCUT2D eigenvalue weighted by atomic mass is 35.5. The van der Waals surface area contributed by atoms with Gasteiger partial charge in [0.25, 0.3) is 0 Å². The molecule has 1 atom stereocenters. The highest BCUT2D eigenvalue weighted by Crippen LogP contribution is 2.16. The predicted octanol–water partition coefficient (Wildman–Crippen LogP) is 3.68. The van der Waals surface area contributed by atoms with Crippen molar-refractivity contribution in [2.24, 2.45) is 0 Å². The molecule has 0 aromatic heterocycles. The van der Waals surface area contributed by atoms with Gasteiger partial charge in [0.05, 0.1) is 0 Å². The Labute approximate surface area is 100 Å². The van der Waals surface area contributed by atoms with Crippen molar-refractivity contribution in [3.05, 3.63) is 46.8 Å². The molecule has 3 heteroatoms. The fraction of sp³-hybridized carbons (Fsp3) is 0.385. The number of allylic oxidation sites excluding steroid dienone is 1. The molecule has 0 heterocycles. The van der Waals surface area contributed by atoms with Crippen LogP contribution in [0.4, 0.5) is 4.39 Å². The van der Waals surface area contributed by atoms with E-state index in [1.807, 2.05) is 0 Å². The fourth-order valence-corrected chi connectivity index (χ4v) is 2.11. The Kier molecular flexibility index (Phi) is 3.97. The highest BCUT2D eigenvalue weighted by Gasteiger charge is 2.10. The van der Waals surface area contributed by atoms with Crippen LogP contribution in [0.25, 0.3) is 0 Å². The molecule has 0 spiro atoms. The van der Waals surface area contributed by atoms with Crippen LogP contribution in [-0.4, -0.2) is 6.04 Å². The van der Waals surface area contributed by atoms with Crippen LogP contribution in [0.1, 0.15) is 24.8 Å².